The second-order valence-electron chi connectivity index (χ2n) is 4.93. The largest absolute Gasteiger partial charge is 0.327 e. The molecule has 0 aliphatic heterocycles. The molecule has 0 saturated heterocycles. The minimum Gasteiger partial charge on any atom is -0.327 e. The molecule has 0 aromatic carbocycles. The Balaban J connectivity index is 4.47. The topological polar surface area (TPSA) is 78.1 Å². The number of nitrogens with two attached hydrogens (primary N) is 3. The van der Waals surface area contributed by atoms with Gasteiger partial charge < -0.3 is 17.2 Å². The van der Waals surface area contributed by atoms with Crippen molar-refractivity contribution in [3.8, 4) is 0 Å². The molecule has 3 atom stereocenters. The van der Waals surface area contributed by atoms with E-state index >= 15 is 0 Å². The molecule has 98 valence electrons. The molecule has 0 saturated carbocycles. The van der Waals surface area contributed by atoms with Crippen LogP contribution in [0.25, 0.3) is 0 Å². The van der Waals surface area contributed by atoms with Gasteiger partial charge in [0.2, 0.25) is 0 Å². The van der Waals surface area contributed by atoms with Gasteiger partial charge in [-0.25, -0.2) is 0 Å². The Hall–Kier alpha value is -0.120. The third-order valence-corrected chi connectivity index (χ3v) is 3.35. The van der Waals surface area contributed by atoms with Crippen LogP contribution >= 0.6 is 0 Å². The van der Waals surface area contributed by atoms with E-state index in [0.717, 1.165) is 38.5 Å². The average Bonchev–Trinajstić information content (AvgIpc) is 2.19. The van der Waals surface area contributed by atoms with Crippen molar-refractivity contribution in [1.82, 2.24) is 0 Å². The fourth-order valence-corrected chi connectivity index (χ4v) is 2.53. The lowest BCUT2D eigenvalue weighted by atomic mass is 9.80. The van der Waals surface area contributed by atoms with E-state index in [2.05, 4.69) is 20.8 Å². The molecule has 3 nitrogen and oxygen atoms in total. The Morgan fingerprint density at radius 1 is 0.625 bits per heavy atom. The molecule has 0 fully saturated rings. The zero-order chi connectivity index (χ0) is 12.6. The summed E-state index contributed by atoms with van der Waals surface area (Å²) in [6.07, 6.45) is 6.40. The molecule has 0 aromatic rings. The second-order valence-corrected chi connectivity index (χ2v) is 4.93. The second kappa shape index (κ2) is 8.97. The first-order valence-electron chi connectivity index (χ1n) is 6.85. The molecular formula is C13H31N3. The predicted molar refractivity (Wildman–Crippen MR) is 72.1 cm³/mol. The van der Waals surface area contributed by atoms with Crippen molar-refractivity contribution in [3.05, 3.63) is 0 Å². The SMILES string of the molecule is CCCC(N)C(C(N)CCC)C(N)CCC. The third kappa shape index (κ3) is 5.28. The Labute approximate surface area is 101 Å². The summed E-state index contributed by atoms with van der Waals surface area (Å²) in [7, 11) is 0. The van der Waals surface area contributed by atoms with Crippen LogP contribution in [0.4, 0.5) is 0 Å². The normalized spacial score (nSPS) is 19.1. The van der Waals surface area contributed by atoms with E-state index in [1.54, 1.807) is 0 Å². The fraction of sp³-hybridized carbons (Fsp3) is 1.00. The van der Waals surface area contributed by atoms with Gasteiger partial charge in [-0.2, -0.15) is 0 Å². The van der Waals surface area contributed by atoms with Crippen molar-refractivity contribution in [3.63, 3.8) is 0 Å². The Bertz CT molecular complexity index is 133. The summed E-state index contributed by atoms with van der Waals surface area (Å²) in [5.74, 6) is 0.278. The van der Waals surface area contributed by atoms with E-state index in [1.807, 2.05) is 0 Å². The first-order chi connectivity index (χ1) is 7.58. The summed E-state index contributed by atoms with van der Waals surface area (Å²) in [4.78, 5) is 0. The molecule has 0 rings (SSSR count). The van der Waals surface area contributed by atoms with Gasteiger partial charge in [0.25, 0.3) is 0 Å². The van der Waals surface area contributed by atoms with Crippen LogP contribution in [0, 0.1) is 5.92 Å². The lowest BCUT2D eigenvalue weighted by Gasteiger charge is -2.34. The smallest absolute Gasteiger partial charge is 0.00966 e. The monoisotopic (exact) mass is 229 g/mol. The van der Waals surface area contributed by atoms with Gasteiger partial charge in [-0.15, -0.1) is 0 Å². The van der Waals surface area contributed by atoms with Crippen molar-refractivity contribution in [2.75, 3.05) is 0 Å². The molecular weight excluding hydrogens is 198 g/mol. The maximum absolute atomic E-state index is 6.23. The van der Waals surface area contributed by atoms with Crippen LogP contribution in [-0.2, 0) is 0 Å². The van der Waals surface area contributed by atoms with E-state index in [0.29, 0.717) is 0 Å². The molecule has 0 heterocycles. The molecule has 0 aliphatic rings. The molecule has 0 radical (unpaired) electrons. The van der Waals surface area contributed by atoms with Gasteiger partial charge in [0.05, 0.1) is 0 Å². The van der Waals surface area contributed by atoms with E-state index in [4.69, 9.17) is 17.2 Å². The molecule has 0 amide bonds. The van der Waals surface area contributed by atoms with Gasteiger partial charge in [-0.05, 0) is 19.3 Å². The van der Waals surface area contributed by atoms with Gasteiger partial charge >= 0.3 is 0 Å². The Morgan fingerprint density at radius 3 is 1.06 bits per heavy atom. The quantitative estimate of drug-likeness (QED) is 0.566. The van der Waals surface area contributed by atoms with Crippen LogP contribution in [0.5, 0.6) is 0 Å². The van der Waals surface area contributed by atoms with Crippen LogP contribution in [-0.4, -0.2) is 18.1 Å². The van der Waals surface area contributed by atoms with E-state index in [1.165, 1.54) is 0 Å². The highest BCUT2D eigenvalue weighted by molar-refractivity contribution is 4.89. The van der Waals surface area contributed by atoms with Crippen molar-refractivity contribution < 1.29 is 0 Å². The summed E-state index contributed by atoms with van der Waals surface area (Å²) in [5.41, 5.74) is 18.7. The van der Waals surface area contributed by atoms with Gasteiger partial charge in [0, 0.05) is 24.0 Å². The maximum Gasteiger partial charge on any atom is 0.00966 e. The Morgan fingerprint density at radius 2 is 0.875 bits per heavy atom. The van der Waals surface area contributed by atoms with Crippen molar-refractivity contribution in [1.29, 1.82) is 0 Å². The zero-order valence-electron chi connectivity index (χ0n) is 11.3. The summed E-state index contributed by atoms with van der Waals surface area (Å²) in [5, 5.41) is 0. The van der Waals surface area contributed by atoms with Crippen molar-refractivity contribution in [2.24, 2.45) is 23.1 Å². The molecule has 0 aromatic heterocycles. The van der Waals surface area contributed by atoms with Gasteiger partial charge in [-0.3, -0.25) is 0 Å². The molecule has 3 heteroatoms. The van der Waals surface area contributed by atoms with Crippen LogP contribution < -0.4 is 17.2 Å². The third-order valence-electron chi connectivity index (χ3n) is 3.35. The number of hydrogen-bond acceptors (Lipinski definition) is 3. The van der Waals surface area contributed by atoms with E-state index < -0.39 is 0 Å². The Kier molecular flexibility index (Phi) is 8.90. The summed E-state index contributed by atoms with van der Waals surface area (Å²) >= 11 is 0. The molecule has 0 aliphatic carbocycles. The van der Waals surface area contributed by atoms with Crippen molar-refractivity contribution >= 4 is 0 Å². The zero-order valence-corrected chi connectivity index (χ0v) is 11.3. The van der Waals surface area contributed by atoms with Crippen LogP contribution in [0.15, 0.2) is 0 Å². The minimum absolute atomic E-state index is 0.160. The lowest BCUT2D eigenvalue weighted by Crippen LogP contribution is -2.51. The molecule has 0 spiro atoms. The highest BCUT2D eigenvalue weighted by atomic mass is 14.8. The van der Waals surface area contributed by atoms with Crippen LogP contribution in [0.1, 0.15) is 59.3 Å². The first kappa shape index (κ1) is 15.9. The predicted octanol–water partition coefficient (Wildman–Crippen LogP) is 1.98. The number of rotatable bonds is 9. The van der Waals surface area contributed by atoms with Crippen LogP contribution in [0.3, 0.4) is 0 Å². The highest BCUT2D eigenvalue weighted by Gasteiger charge is 2.28. The van der Waals surface area contributed by atoms with Gasteiger partial charge in [0.15, 0.2) is 0 Å². The van der Waals surface area contributed by atoms with Gasteiger partial charge in [-0.1, -0.05) is 40.0 Å². The first-order valence-corrected chi connectivity index (χ1v) is 6.85. The highest BCUT2D eigenvalue weighted by Crippen LogP contribution is 2.20. The molecule has 6 N–H and O–H groups in total. The summed E-state index contributed by atoms with van der Waals surface area (Å²) < 4.78 is 0. The lowest BCUT2D eigenvalue weighted by molar-refractivity contribution is 0.261. The molecule has 16 heavy (non-hydrogen) atoms. The van der Waals surface area contributed by atoms with E-state index in [9.17, 15) is 0 Å². The number of hydrogen-bond donors (Lipinski definition) is 3. The van der Waals surface area contributed by atoms with Crippen LogP contribution in [0.2, 0.25) is 0 Å². The van der Waals surface area contributed by atoms with E-state index in [-0.39, 0.29) is 24.0 Å². The fourth-order valence-electron chi connectivity index (χ4n) is 2.53. The molecule has 0 bridgehead atoms. The standard InChI is InChI=1S/C13H31N3/c1-4-7-10(14)13(11(15)8-5-2)12(16)9-6-3/h10-13H,4-9,14-16H2,1-3H3. The summed E-state index contributed by atoms with van der Waals surface area (Å²) in [6, 6.07) is 0.481. The maximum atomic E-state index is 6.23. The molecule has 3 unspecified atom stereocenters. The summed E-state index contributed by atoms with van der Waals surface area (Å²) in [6.45, 7) is 6.48. The minimum atomic E-state index is 0.160. The van der Waals surface area contributed by atoms with Crippen molar-refractivity contribution in [2.45, 2.75) is 77.4 Å². The average molecular weight is 229 g/mol. The van der Waals surface area contributed by atoms with Gasteiger partial charge in [0.1, 0.15) is 0 Å².